The predicted octanol–water partition coefficient (Wildman–Crippen LogP) is 1.73. The van der Waals surface area contributed by atoms with Crippen molar-refractivity contribution in [1.82, 2.24) is 9.78 Å². The van der Waals surface area contributed by atoms with Gasteiger partial charge in [0.15, 0.2) is 0 Å². The normalized spacial score (nSPS) is 10.8. The highest BCUT2D eigenvalue weighted by molar-refractivity contribution is 5.78. The van der Waals surface area contributed by atoms with E-state index < -0.39 is 0 Å². The molecule has 1 rings (SSSR count). The fourth-order valence-electron chi connectivity index (χ4n) is 0.964. The zero-order valence-electron chi connectivity index (χ0n) is 7.49. The van der Waals surface area contributed by atoms with Gasteiger partial charge in [0.2, 0.25) is 0 Å². The molecule has 1 aromatic rings. The minimum absolute atomic E-state index is 0.793. The molecule has 0 aliphatic heterocycles. The molecule has 0 amide bonds. The van der Waals surface area contributed by atoms with Crippen LogP contribution >= 0.6 is 0 Å². The van der Waals surface area contributed by atoms with Gasteiger partial charge in [-0.25, -0.2) is 4.68 Å². The van der Waals surface area contributed by atoms with Crippen molar-refractivity contribution in [1.29, 1.82) is 0 Å². The van der Waals surface area contributed by atoms with E-state index in [1.165, 1.54) is 0 Å². The Balaban J connectivity index is 2.96. The van der Waals surface area contributed by atoms with Crippen LogP contribution in [-0.4, -0.2) is 22.5 Å². The zero-order chi connectivity index (χ0) is 8.97. The molecule has 64 valence electrons. The molecule has 12 heavy (non-hydrogen) atoms. The van der Waals surface area contributed by atoms with Crippen LogP contribution in [-0.2, 0) is 0 Å². The van der Waals surface area contributed by atoms with Crippen molar-refractivity contribution in [3.05, 3.63) is 24.0 Å². The molecule has 0 fully saturated rings. The molecule has 0 saturated heterocycles. The van der Waals surface area contributed by atoms with Gasteiger partial charge >= 0.3 is 0 Å². The number of aryl methyl sites for hydroxylation is 1. The SMILES string of the molecule is C=Cn1nc(C)cc1C=NCC. The second-order valence-corrected chi connectivity index (χ2v) is 2.47. The van der Waals surface area contributed by atoms with Crippen LogP contribution in [0.2, 0.25) is 0 Å². The summed E-state index contributed by atoms with van der Waals surface area (Å²) in [7, 11) is 0. The van der Waals surface area contributed by atoms with E-state index in [-0.39, 0.29) is 0 Å². The van der Waals surface area contributed by atoms with E-state index in [1.54, 1.807) is 10.9 Å². The zero-order valence-corrected chi connectivity index (χ0v) is 7.49. The van der Waals surface area contributed by atoms with Gasteiger partial charge in [0.1, 0.15) is 0 Å². The van der Waals surface area contributed by atoms with Gasteiger partial charge in [0.25, 0.3) is 0 Å². The van der Waals surface area contributed by atoms with E-state index >= 15 is 0 Å². The highest BCUT2D eigenvalue weighted by Crippen LogP contribution is 2.00. The average Bonchev–Trinajstić information content (AvgIpc) is 2.42. The first-order valence-corrected chi connectivity index (χ1v) is 3.96. The van der Waals surface area contributed by atoms with Crippen LogP contribution in [0.3, 0.4) is 0 Å². The largest absolute Gasteiger partial charge is 0.291 e. The quantitative estimate of drug-likeness (QED) is 0.624. The Bertz CT molecular complexity index is 297. The minimum atomic E-state index is 0.793. The number of hydrogen-bond donors (Lipinski definition) is 0. The number of aliphatic imine (C=N–C) groups is 1. The van der Waals surface area contributed by atoms with Crippen molar-refractivity contribution in [2.45, 2.75) is 13.8 Å². The summed E-state index contributed by atoms with van der Waals surface area (Å²) >= 11 is 0. The monoisotopic (exact) mass is 163 g/mol. The Hall–Kier alpha value is -1.38. The standard InChI is InChI=1S/C9H13N3/c1-4-10-7-9-6-8(3)11-12(9)5-2/h5-7H,2,4H2,1,3H3. The molecule has 0 aliphatic rings. The van der Waals surface area contributed by atoms with Crippen molar-refractivity contribution in [3.8, 4) is 0 Å². The number of aromatic nitrogens is 2. The first-order chi connectivity index (χ1) is 5.77. The van der Waals surface area contributed by atoms with Gasteiger partial charge in [-0.1, -0.05) is 6.58 Å². The molecule has 0 aromatic carbocycles. The number of nitrogens with zero attached hydrogens (tertiary/aromatic N) is 3. The lowest BCUT2D eigenvalue weighted by Crippen LogP contribution is -1.94. The molecule has 0 N–H and O–H groups in total. The van der Waals surface area contributed by atoms with E-state index in [9.17, 15) is 0 Å². The summed E-state index contributed by atoms with van der Waals surface area (Å²) in [6.07, 6.45) is 3.48. The van der Waals surface area contributed by atoms with Crippen molar-refractivity contribution < 1.29 is 0 Å². The van der Waals surface area contributed by atoms with Gasteiger partial charge in [0, 0.05) is 19.0 Å². The Morgan fingerprint density at radius 3 is 3.08 bits per heavy atom. The Kier molecular flexibility index (Phi) is 2.80. The van der Waals surface area contributed by atoms with Crippen LogP contribution in [0.1, 0.15) is 18.3 Å². The Labute approximate surface area is 72.4 Å². The van der Waals surface area contributed by atoms with Crippen molar-refractivity contribution in [3.63, 3.8) is 0 Å². The van der Waals surface area contributed by atoms with Crippen LogP contribution in [0.25, 0.3) is 6.20 Å². The Morgan fingerprint density at radius 1 is 1.75 bits per heavy atom. The molecule has 0 bridgehead atoms. The van der Waals surface area contributed by atoms with Crippen molar-refractivity contribution in [2.24, 2.45) is 4.99 Å². The molecule has 0 spiro atoms. The van der Waals surface area contributed by atoms with Crippen LogP contribution in [0, 0.1) is 6.92 Å². The van der Waals surface area contributed by atoms with E-state index in [0.29, 0.717) is 0 Å². The molecule has 0 unspecified atom stereocenters. The lowest BCUT2D eigenvalue weighted by Gasteiger charge is -1.92. The number of hydrogen-bond acceptors (Lipinski definition) is 2. The summed E-state index contributed by atoms with van der Waals surface area (Å²) in [5.74, 6) is 0. The molecule has 0 saturated carbocycles. The second-order valence-electron chi connectivity index (χ2n) is 2.47. The summed E-state index contributed by atoms with van der Waals surface area (Å²) < 4.78 is 1.72. The van der Waals surface area contributed by atoms with Gasteiger partial charge in [-0.15, -0.1) is 0 Å². The molecule has 3 nitrogen and oxygen atoms in total. The third-order valence-corrected chi connectivity index (χ3v) is 1.47. The maximum atomic E-state index is 4.19. The van der Waals surface area contributed by atoms with Crippen LogP contribution < -0.4 is 0 Å². The highest BCUT2D eigenvalue weighted by atomic mass is 15.3. The summed E-state index contributed by atoms with van der Waals surface area (Å²) in [5.41, 5.74) is 1.96. The van der Waals surface area contributed by atoms with E-state index in [4.69, 9.17) is 0 Å². The third kappa shape index (κ3) is 1.81. The van der Waals surface area contributed by atoms with Gasteiger partial charge in [-0.2, -0.15) is 5.10 Å². The fraction of sp³-hybridized carbons (Fsp3) is 0.333. The van der Waals surface area contributed by atoms with Crippen molar-refractivity contribution in [2.75, 3.05) is 6.54 Å². The molecule has 0 aliphatic carbocycles. The second kappa shape index (κ2) is 3.85. The molecule has 0 radical (unpaired) electrons. The van der Waals surface area contributed by atoms with E-state index in [2.05, 4.69) is 16.7 Å². The van der Waals surface area contributed by atoms with Gasteiger partial charge in [0.05, 0.1) is 11.4 Å². The lowest BCUT2D eigenvalue weighted by atomic mass is 10.4. The maximum Gasteiger partial charge on any atom is 0.0842 e. The van der Waals surface area contributed by atoms with Gasteiger partial charge in [-0.05, 0) is 19.9 Å². The fourth-order valence-corrected chi connectivity index (χ4v) is 0.964. The Morgan fingerprint density at radius 2 is 2.50 bits per heavy atom. The summed E-state index contributed by atoms with van der Waals surface area (Å²) in [6, 6.07) is 1.97. The predicted molar refractivity (Wildman–Crippen MR) is 51.5 cm³/mol. The minimum Gasteiger partial charge on any atom is -0.291 e. The molecule has 0 atom stereocenters. The summed E-state index contributed by atoms with van der Waals surface area (Å²) in [4.78, 5) is 4.13. The number of rotatable bonds is 3. The molecule has 3 heteroatoms. The topological polar surface area (TPSA) is 30.2 Å². The highest BCUT2D eigenvalue weighted by Gasteiger charge is 1.97. The van der Waals surface area contributed by atoms with Crippen LogP contribution in [0.15, 0.2) is 17.6 Å². The lowest BCUT2D eigenvalue weighted by molar-refractivity contribution is 0.906. The third-order valence-electron chi connectivity index (χ3n) is 1.47. The molecular formula is C9H13N3. The van der Waals surface area contributed by atoms with Gasteiger partial charge in [-0.3, -0.25) is 4.99 Å². The van der Waals surface area contributed by atoms with E-state index in [1.807, 2.05) is 26.1 Å². The van der Waals surface area contributed by atoms with E-state index in [0.717, 1.165) is 17.9 Å². The average molecular weight is 163 g/mol. The summed E-state index contributed by atoms with van der Waals surface area (Å²) in [6.45, 7) is 8.39. The van der Waals surface area contributed by atoms with Crippen LogP contribution in [0.4, 0.5) is 0 Å². The smallest absolute Gasteiger partial charge is 0.0842 e. The first-order valence-electron chi connectivity index (χ1n) is 3.96. The van der Waals surface area contributed by atoms with Gasteiger partial charge < -0.3 is 0 Å². The van der Waals surface area contributed by atoms with Crippen LogP contribution in [0.5, 0.6) is 0 Å². The molecule has 1 heterocycles. The molecular weight excluding hydrogens is 150 g/mol. The maximum absolute atomic E-state index is 4.19. The summed E-state index contributed by atoms with van der Waals surface area (Å²) in [5, 5.41) is 4.19. The molecule has 1 aromatic heterocycles. The first kappa shape index (κ1) is 8.71. The van der Waals surface area contributed by atoms with Crippen molar-refractivity contribution >= 4 is 12.4 Å².